The number of sulfonamides is 1. The Morgan fingerprint density at radius 1 is 1.08 bits per heavy atom. The zero-order valence-corrected chi connectivity index (χ0v) is 21.7. The summed E-state index contributed by atoms with van der Waals surface area (Å²) < 4.78 is 26.6. The van der Waals surface area contributed by atoms with Crippen LogP contribution in [0.15, 0.2) is 53.4 Å². The Labute approximate surface area is 216 Å². The van der Waals surface area contributed by atoms with Crippen molar-refractivity contribution >= 4 is 39.3 Å². The third-order valence-electron chi connectivity index (χ3n) is 6.79. The van der Waals surface area contributed by atoms with Crippen LogP contribution >= 0.6 is 11.6 Å². The Balaban J connectivity index is 1.60. The fourth-order valence-corrected chi connectivity index (χ4v) is 6.50. The first kappa shape index (κ1) is 26.2. The van der Waals surface area contributed by atoms with Gasteiger partial charge in [0.1, 0.15) is 17.5 Å². The Bertz CT molecular complexity index is 1240. The summed E-state index contributed by atoms with van der Waals surface area (Å²) in [7, 11) is -4.16. The van der Waals surface area contributed by atoms with E-state index < -0.39 is 34.4 Å². The van der Waals surface area contributed by atoms with Gasteiger partial charge < -0.3 is 10.2 Å². The smallest absolute Gasteiger partial charge is 0.269 e. The molecule has 0 spiro atoms. The third-order valence-corrected chi connectivity index (χ3v) is 8.83. The molecule has 1 fully saturated rings. The fourth-order valence-electron chi connectivity index (χ4n) is 4.85. The lowest BCUT2D eigenvalue weighted by molar-refractivity contribution is -0.141. The first-order valence-corrected chi connectivity index (χ1v) is 14.0. The number of nitrogens with one attached hydrogen (secondary N) is 1. The van der Waals surface area contributed by atoms with E-state index in [4.69, 9.17) is 11.6 Å². The minimum atomic E-state index is -4.16. The standard InChI is InChI=1S/C26H30ClN3O5S/c1-2-22(25(32)28-20-8-4-3-5-9-20)29(16-18-12-14-19(27)15-13-18)24(31)17-30-26(33)21-10-6-7-11-23(21)36(30,34)35/h6-7,10-15,20,22H,2-5,8-9,16-17H2,1H3,(H,28,32)/t22-/m0/s1. The quantitative estimate of drug-likeness (QED) is 0.559. The van der Waals surface area contributed by atoms with E-state index in [9.17, 15) is 22.8 Å². The van der Waals surface area contributed by atoms with E-state index in [0.29, 0.717) is 15.7 Å². The molecular weight excluding hydrogens is 502 g/mol. The minimum absolute atomic E-state index is 0.0386. The SMILES string of the molecule is CC[C@@H](C(=O)NC1CCCCC1)N(Cc1ccc(Cl)cc1)C(=O)CN1C(=O)c2ccccc2S1(=O)=O. The highest BCUT2D eigenvalue weighted by Gasteiger charge is 2.43. The van der Waals surface area contributed by atoms with E-state index in [-0.39, 0.29) is 29.0 Å². The van der Waals surface area contributed by atoms with Crippen molar-refractivity contribution < 1.29 is 22.8 Å². The van der Waals surface area contributed by atoms with Crippen LogP contribution in [0, 0.1) is 0 Å². The lowest BCUT2D eigenvalue weighted by Gasteiger charge is -2.33. The number of hydrogen-bond acceptors (Lipinski definition) is 5. The molecule has 0 aromatic heterocycles. The number of benzene rings is 2. The monoisotopic (exact) mass is 531 g/mol. The van der Waals surface area contributed by atoms with Crippen molar-refractivity contribution in [1.82, 2.24) is 14.5 Å². The summed E-state index contributed by atoms with van der Waals surface area (Å²) >= 11 is 6.01. The number of carbonyl (C=O) groups excluding carboxylic acids is 3. The van der Waals surface area contributed by atoms with Crippen molar-refractivity contribution in [3.8, 4) is 0 Å². The molecule has 2 aromatic carbocycles. The summed E-state index contributed by atoms with van der Waals surface area (Å²) in [6.07, 6.45) is 5.36. The van der Waals surface area contributed by atoms with Gasteiger partial charge >= 0.3 is 0 Å². The summed E-state index contributed by atoms with van der Waals surface area (Å²) in [5, 5.41) is 3.61. The van der Waals surface area contributed by atoms with Gasteiger partial charge in [-0.1, -0.05) is 62.1 Å². The van der Waals surface area contributed by atoms with Crippen LogP contribution in [-0.4, -0.2) is 54.0 Å². The molecule has 1 heterocycles. The molecule has 0 radical (unpaired) electrons. The number of halogens is 1. The number of carbonyl (C=O) groups is 3. The minimum Gasteiger partial charge on any atom is -0.352 e. The molecular formula is C26H30ClN3O5S. The number of hydrogen-bond donors (Lipinski definition) is 1. The molecule has 8 nitrogen and oxygen atoms in total. The van der Waals surface area contributed by atoms with Crippen molar-refractivity contribution in [2.24, 2.45) is 0 Å². The molecule has 36 heavy (non-hydrogen) atoms. The topological polar surface area (TPSA) is 104 Å². The second-order valence-electron chi connectivity index (χ2n) is 9.23. The zero-order chi connectivity index (χ0) is 25.9. The van der Waals surface area contributed by atoms with Crippen LogP contribution in [0.25, 0.3) is 0 Å². The summed E-state index contributed by atoms with van der Waals surface area (Å²) in [4.78, 5) is 41.1. The maximum absolute atomic E-state index is 13.6. The van der Waals surface area contributed by atoms with Crippen LogP contribution < -0.4 is 5.32 Å². The van der Waals surface area contributed by atoms with Crippen LogP contribution in [0.5, 0.6) is 0 Å². The summed E-state index contributed by atoms with van der Waals surface area (Å²) in [5.74, 6) is -1.64. The van der Waals surface area contributed by atoms with Crippen molar-refractivity contribution in [3.05, 3.63) is 64.7 Å². The van der Waals surface area contributed by atoms with Gasteiger partial charge in [0, 0.05) is 17.6 Å². The van der Waals surface area contributed by atoms with E-state index in [2.05, 4.69) is 5.32 Å². The molecule has 1 N–H and O–H groups in total. The Hall–Kier alpha value is -2.91. The van der Waals surface area contributed by atoms with Crippen molar-refractivity contribution in [2.45, 2.75) is 69.0 Å². The zero-order valence-electron chi connectivity index (χ0n) is 20.2. The largest absolute Gasteiger partial charge is 0.352 e. The first-order valence-electron chi connectivity index (χ1n) is 12.2. The number of nitrogens with zero attached hydrogens (tertiary/aromatic N) is 2. The highest BCUT2D eigenvalue weighted by molar-refractivity contribution is 7.90. The average molecular weight is 532 g/mol. The maximum atomic E-state index is 13.6. The van der Waals surface area contributed by atoms with Gasteiger partial charge in [-0.3, -0.25) is 14.4 Å². The van der Waals surface area contributed by atoms with Crippen LogP contribution in [-0.2, 0) is 26.2 Å². The van der Waals surface area contributed by atoms with Gasteiger partial charge in [-0.2, -0.15) is 0 Å². The Kier molecular flexibility index (Phi) is 8.00. The molecule has 0 saturated heterocycles. The molecule has 3 amide bonds. The van der Waals surface area contributed by atoms with E-state index >= 15 is 0 Å². The molecule has 0 unspecified atom stereocenters. The van der Waals surface area contributed by atoms with E-state index in [1.165, 1.54) is 23.1 Å². The van der Waals surface area contributed by atoms with Crippen LogP contribution in [0.2, 0.25) is 5.02 Å². The van der Waals surface area contributed by atoms with E-state index in [0.717, 1.165) is 37.7 Å². The molecule has 2 aliphatic rings. The summed E-state index contributed by atoms with van der Waals surface area (Å²) in [5.41, 5.74) is 0.771. The van der Waals surface area contributed by atoms with Gasteiger partial charge in [-0.05, 0) is 49.1 Å². The Morgan fingerprint density at radius 3 is 2.39 bits per heavy atom. The fraction of sp³-hybridized carbons (Fsp3) is 0.423. The normalized spacial score (nSPS) is 17.9. The lowest BCUT2D eigenvalue weighted by atomic mass is 9.95. The van der Waals surface area contributed by atoms with Crippen molar-refractivity contribution in [3.63, 3.8) is 0 Å². The molecule has 0 bridgehead atoms. The lowest BCUT2D eigenvalue weighted by Crippen LogP contribution is -2.53. The number of rotatable bonds is 8. The molecule has 1 saturated carbocycles. The summed E-state index contributed by atoms with van der Waals surface area (Å²) in [6.45, 7) is 1.19. The highest BCUT2D eigenvalue weighted by Crippen LogP contribution is 2.30. The van der Waals surface area contributed by atoms with Gasteiger partial charge in [-0.15, -0.1) is 0 Å². The second kappa shape index (κ2) is 11.0. The molecule has 1 atom stereocenters. The van der Waals surface area contributed by atoms with Crippen molar-refractivity contribution in [1.29, 1.82) is 0 Å². The number of amides is 3. The van der Waals surface area contributed by atoms with Gasteiger partial charge in [0.05, 0.1) is 5.56 Å². The van der Waals surface area contributed by atoms with Gasteiger partial charge in [0.25, 0.3) is 15.9 Å². The molecule has 192 valence electrons. The average Bonchev–Trinajstić information content (AvgIpc) is 3.06. The van der Waals surface area contributed by atoms with Gasteiger partial charge in [0.15, 0.2) is 0 Å². The molecule has 2 aromatic rings. The van der Waals surface area contributed by atoms with E-state index in [1.54, 1.807) is 37.3 Å². The predicted molar refractivity (Wildman–Crippen MR) is 136 cm³/mol. The maximum Gasteiger partial charge on any atom is 0.269 e. The summed E-state index contributed by atoms with van der Waals surface area (Å²) in [6, 6.07) is 12.0. The predicted octanol–water partition coefficient (Wildman–Crippen LogP) is 3.74. The number of fused-ring (bicyclic) bond motifs is 1. The third kappa shape index (κ3) is 5.42. The van der Waals surface area contributed by atoms with Crippen LogP contribution in [0.4, 0.5) is 0 Å². The van der Waals surface area contributed by atoms with Crippen LogP contribution in [0.3, 0.4) is 0 Å². The Morgan fingerprint density at radius 2 is 1.75 bits per heavy atom. The van der Waals surface area contributed by atoms with Crippen molar-refractivity contribution in [2.75, 3.05) is 6.54 Å². The molecule has 1 aliphatic carbocycles. The highest BCUT2D eigenvalue weighted by atomic mass is 35.5. The second-order valence-corrected chi connectivity index (χ2v) is 11.5. The first-order chi connectivity index (χ1) is 17.2. The van der Waals surface area contributed by atoms with Crippen LogP contribution in [0.1, 0.15) is 61.4 Å². The van der Waals surface area contributed by atoms with Gasteiger partial charge in [0.2, 0.25) is 11.8 Å². The van der Waals surface area contributed by atoms with E-state index in [1.807, 2.05) is 0 Å². The molecule has 10 heteroatoms. The van der Waals surface area contributed by atoms with Gasteiger partial charge in [-0.25, -0.2) is 12.7 Å². The molecule has 4 rings (SSSR count). The molecule has 1 aliphatic heterocycles.